The Balaban J connectivity index is 1.47. The number of benzene rings is 2. The van der Waals surface area contributed by atoms with Crippen LogP contribution in [0.25, 0.3) is 0 Å². The third-order valence-corrected chi connectivity index (χ3v) is 4.52. The first-order valence-electron chi connectivity index (χ1n) is 8.22. The highest BCUT2D eigenvalue weighted by Gasteiger charge is 2.21. The molecule has 0 fully saturated rings. The molecule has 0 unspecified atom stereocenters. The third-order valence-electron chi connectivity index (χ3n) is 4.52. The maximum absolute atomic E-state index is 12.7. The Morgan fingerprint density at radius 1 is 1.00 bits per heavy atom. The van der Waals surface area contributed by atoms with Crippen LogP contribution in [0.4, 0.5) is 0 Å². The lowest BCUT2D eigenvalue weighted by Gasteiger charge is -2.29. The van der Waals surface area contributed by atoms with Gasteiger partial charge in [0.15, 0.2) is 0 Å². The van der Waals surface area contributed by atoms with Crippen LogP contribution in [0.15, 0.2) is 67.0 Å². The molecule has 2 heterocycles. The molecular formula is C20H19N3O. The zero-order chi connectivity index (χ0) is 16.4. The third kappa shape index (κ3) is 2.95. The molecule has 0 atom stereocenters. The number of hydrogen-bond acceptors (Lipinski definition) is 2. The van der Waals surface area contributed by atoms with E-state index in [-0.39, 0.29) is 5.91 Å². The van der Waals surface area contributed by atoms with Crippen LogP contribution in [0.5, 0.6) is 0 Å². The minimum Gasteiger partial charge on any atom is -0.334 e. The number of nitrogens with zero attached hydrogens (tertiary/aromatic N) is 3. The second-order valence-corrected chi connectivity index (χ2v) is 6.15. The van der Waals surface area contributed by atoms with E-state index in [2.05, 4.69) is 23.3 Å². The molecule has 24 heavy (non-hydrogen) atoms. The molecule has 0 N–H and O–H groups in total. The van der Waals surface area contributed by atoms with Crippen LogP contribution < -0.4 is 0 Å². The largest absolute Gasteiger partial charge is 0.334 e. The van der Waals surface area contributed by atoms with Gasteiger partial charge in [0.05, 0.1) is 6.54 Å². The van der Waals surface area contributed by atoms with Crippen molar-refractivity contribution in [1.29, 1.82) is 0 Å². The van der Waals surface area contributed by atoms with E-state index in [0.717, 1.165) is 30.6 Å². The second kappa shape index (κ2) is 6.32. The van der Waals surface area contributed by atoms with Gasteiger partial charge in [0.1, 0.15) is 0 Å². The van der Waals surface area contributed by atoms with Gasteiger partial charge in [-0.2, -0.15) is 5.10 Å². The Hall–Kier alpha value is -2.88. The molecule has 1 amide bonds. The normalized spacial score (nSPS) is 13.6. The van der Waals surface area contributed by atoms with Gasteiger partial charge in [0, 0.05) is 31.0 Å². The van der Waals surface area contributed by atoms with Crippen LogP contribution in [0.2, 0.25) is 0 Å². The SMILES string of the molecule is O=C(c1ccc(Cn2cccn2)cc1)N1CCc2ccccc2C1. The molecule has 3 aromatic rings. The molecule has 1 aliphatic heterocycles. The Bertz CT molecular complexity index is 838. The standard InChI is InChI=1S/C20H19N3O/c24-20(22-13-10-17-4-1-2-5-19(17)15-22)18-8-6-16(7-9-18)14-23-12-3-11-21-23/h1-9,11-12H,10,13-15H2. The van der Waals surface area contributed by atoms with E-state index in [1.165, 1.54) is 11.1 Å². The fourth-order valence-corrected chi connectivity index (χ4v) is 3.19. The summed E-state index contributed by atoms with van der Waals surface area (Å²) in [5.41, 5.74) is 4.50. The zero-order valence-electron chi connectivity index (χ0n) is 13.4. The number of carbonyl (C=O) groups excluding carboxylic acids is 1. The topological polar surface area (TPSA) is 38.1 Å². The number of hydrogen-bond donors (Lipinski definition) is 0. The molecule has 0 bridgehead atoms. The summed E-state index contributed by atoms with van der Waals surface area (Å²) in [5.74, 6) is 0.107. The summed E-state index contributed by atoms with van der Waals surface area (Å²) in [6.45, 7) is 2.20. The van der Waals surface area contributed by atoms with Crippen molar-refractivity contribution in [2.24, 2.45) is 0 Å². The molecule has 4 heteroatoms. The molecule has 4 rings (SSSR count). The van der Waals surface area contributed by atoms with E-state index in [1.54, 1.807) is 6.20 Å². The zero-order valence-corrected chi connectivity index (χ0v) is 13.4. The van der Waals surface area contributed by atoms with Gasteiger partial charge in [-0.3, -0.25) is 9.48 Å². The predicted octanol–water partition coefficient (Wildman–Crippen LogP) is 3.13. The summed E-state index contributed by atoms with van der Waals surface area (Å²) < 4.78 is 1.87. The number of rotatable bonds is 3. The molecule has 0 aliphatic carbocycles. The number of carbonyl (C=O) groups is 1. The molecule has 0 saturated heterocycles. The predicted molar refractivity (Wildman–Crippen MR) is 92.7 cm³/mol. The molecule has 4 nitrogen and oxygen atoms in total. The molecule has 0 saturated carbocycles. The lowest BCUT2D eigenvalue weighted by molar-refractivity contribution is 0.0734. The van der Waals surface area contributed by atoms with Crippen molar-refractivity contribution in [3.63, 3.8) is 0 Å². The van der Waals surface area contributed by atoms with Gasteiger partial charge in [0.2, 0.25) is 0 Å². The highest BCUT2D eigenvalue weighted by molar-refractivity contribution is 5.94. The van der Waals surface area contributed by atoms with E-state index in [9.17, 15) is 4.79 Å². The molecule has 0 radical (unpaired) electrons. The minimum absolute atomic E-state index is 0.107. The lowest BCUT2D eigenvalue weighted by Crippen LogP contribution is -2.35. The van der Waals surface area contributed by atoms with Crippen molar-refractivity contribution < 1.29 is 4.79 Å². The van der Waals surface area contributed by atoms with Crippen molar-refractivity contribution in [2.45, 2.75) is 19.5 Å². The van der Waals surface area contributed by atoms with Crippen LogP contribution in [0.1, 0.15) is 27.0 Å². The Morgan fingerprint density at radius 3 is 2.54 bits per heavy atom. The summed E-state index contributed by atoms with van der Waals surface area (Å²) in [7, 11) is 0. The monoisotopic (exact) mass is 317 g/mol. The molecule has 120 valence electrons. The fraction of sp³-hybridized carbons (Fsp3) is 0.200. The quantitative estimate of drug-likeness (QED) is 0.744. The van der Waals surface area contributed by atoms with Crippen molar-refractivity contribution in [3.8, 4) is 0 Å². The van der Waals surface area contributed by atoms with Gasteiger partial charge in [0.25, 0.3) is 5.91 Å². The van der Waals surface area contributed by atoms with Crippen LogP contribution in [-0.2, 0) is 19.5 Å². The first kappa shape index (κ1) is 14.7. The fourth-order valence-electron chi connectivity index (χ4n) is 3.19. The summed E-state index contributed by atoms with van der Waals surface area (Å²) in [6.07, 6.45) is 4.63. The minimum atomic E-state index is 0.107. The van der Waals surface area contributed by atoms with E-state index in [1.807, 2.05) is 52.2 Å². The molecular weight excluding hydrogens is 298 g/mol. The van der Waals surface area contributed by atoms with Gasteiger partial charge in [-0.05, 0) is 41.3 Å². The number of amides is 1. The number of aromatic nitrogens is 2. The van der Waals surface area contributed by atoms with E-state index >= 15 is 0 Å². The summed E-state index contributed by atoms with van der Waals surface area (Å²) in [4.78, 5) is 14.7. The van der Waals surface area contributed by atoms with Crippen molar-refractivity contribution in [3.05, 3.63) is 89.2 Å². The maximum Gasteiger partial charge on any atom is 0.254 e. The Labute approximate surface area is 141 Å². The molecule has 1 aliphatic rings. The molecule has 0 spiro atoms. The first-order chi connectivity index (χ1) is 11.8. The Kier molecular flexibility index (Phi) is 3.87. The summed E-state index contributed by atoms with van der Waals surface area (Å²) >= 11 is 0. The van der Waals surface area contributed by atoms with Crippen LogP contribution >= 0.6 is 0 Å². The average molecular weight is 317 g/mol. The van der Waals surface area contributed by atoms with Gasteiger partial charge in [-0.1, -0.05) is 36.4 Å². The Morgan fingerprint density at radius 2 is 1.79 bits per heavy atom. The van der Waals surface area contributed by atoms with Crippen LogP contribution in [0.3, 0.4) is 0 Å². The van der Waals surface area contributed by atoms with Gasteiger partial charge < -0.3 is 4.90 Å². The van der Waals surface area contributed by atoms with Crippen molar-refractivity contribution in [1.82, 2.24) is 14.7 Å². The number of fused-ring (bicyclic) bond motifs is 1. The van der Waals surface area contributed by atoms with Crippen LogP contribution in [-0.4, -0.2) is 27.1 Å². The lowest BCUT2D eigenvalue weighted by atomic mass is 9.99. The van der Waals surface area contributed by atoms with E-state index in [0.29, 0.717) is 6.54 Å². The molecule has 2 aromatic carbocycles. The summed E-state index contributed by atoms with van der Waals surface area (Å²) in [6, 6.07) is 18.1. The van der Waals surface area contributed by atoms with Crippen LogP contribution in [0, 0.1) is 0 Å². The average Bonchev–Trinajstić information content (AvgIpc) is 3.14. The van der Waals surface area contributed by atoms with Crippen molar-refractivity contribution in [2.75, 3.05) is 6.54 Å². The van der Waals surface area contributed by atoms with E-state index < -0.39 is 0 Å². The van der Waals surface area contributed by atoms with Gasteiger partial charge in [-0.15, -0.1) is 0 Å². The maximum atomic E-state index is 12.7. The smallest absolute Gasteiger partial charge is 0.254 e. The van der Waals surface area contributed by atoms with Crippen molar-refractivity contribution >= 4 is 5.91 Å². The first-order valence-corrected chi connectivity index (χ1v) is 8.22. The van der Waals surface area contributed by atoms with Gasteiger partial charge >= 0.3 is 0 Å². The highest BCUT2D eigenvalue weighted by atomic mass is 16.2. The highest BCUT2D eigenvalue weighted by Crippen LogP contribution is 2.20. The summed E-state index contributed by atoms with van der Waals surface area (Å²) in [5, 5.41) is 4.21. The van der Waals surface area contributed by atoms with E-state index in [4.69, 9.17) is 0 Å². The second-order valence-electron chi connectivity index (χ2n) is 6.15. The van der Waals surface area contributed by atoms with Gasteiger partial charge in [-0.25, -0.2) is 0 Å². The molecule has 1 aromatic heterocycles.